The van der Waals surface area contributed by atoms with Crippen molar-refractivity contribution in [1.82, 2.24) is 5.32 Å². The highest BCUT2D eigenvalue weighted by molar-refractivity contribution is 6.36. The lowest BCUT2D eigenvalue weighted by Crippen LogP contribution is -2.31. The quantitative estimate of drug-likeness (QED) is 0.846. The molecule has 1 amide bonds. The van der Waals surface area contributed by atoms with Gasteiger partial charge in [-0.1, -0.05) is 47.5 Å². The van der Waals surface area contributed by atoms with Crippen LogP contribution in [0, 0.1) is 0 Å². The van der Waals surface area contributed by atoms with E-state index >= 15 is 0 Å². The van der Waals surface area contributed by atoms with Crippen molar-refractivity contribution in [2.24, 2.45) is 0 Å². The minimum Gasteiger partial charge on any atom is -0.345 e. The number of benzene rings is 2. The van der Waals surface area contributed by atoms with E-state index in [4.69, 9.17) is 23.2 Å². The van der Waals surface area contributed by atoms with E-state index in [2.05, 4.69) is 17.4 Å². The van der Waals surface area contributed by atoms with Crippen LogP contribution in [0.4, 0.5) is 0 Å². The third-order valence-electron chi connectivity index (χ3n) is 3.85. The number of rotatable bonds is 2. The molecule has 2 nitrogen and oxygen atoms in total. The fourth-order valence-corrected chi connectivity index (χ4v) is 3.31. The Kier molecular flexibility index (Phi) is 4.18. The van der Waals surface area contributed by atoms with Gasteiger partial charge in [0.05, 0.1) is 16.6 Å². The molecule has 0 fully saturated rings. The number of halogens is 2. The number of carbonyl (C=O) groups is 1. The van der Waals surface area contributed by atoms with Gasteiger partial charge in [-0.2, -0.15) is 0 Å². The summed E-state index contributed by atoms with van der Waals surface area (Å²) in [6, 6.07) is 13.2. The smallest absolute Gasteiger partial charge is 0.253 e. The van der Waals surface area contributed by atoms with Crippen molar-refractivity contribution in [3.05, 3.63) is 69.2 Å². The number of amides is 1. The molecule has 21 heavy (non-hydrogen) atoms. The third-order valence-corrected chi connectivity index (χ3v) is 4.40. The molecule has 0 heterocycles. The Labute approximate surface area is 134 Å². The third kappa shape index (κ3) is 3.07. The van der Waals surface area contributed by atoms with Crippen molar-refractivity contribution in [2.75, 3.05) is 0 Å². The maximum atomic E-state index is 12.4. The van der Waals surface area contributed by atoms with Gasteiger partial charge in [-0.05, 0) is 48.6 Å². The summed E-state index contributed by atoms with van der Waals surface area (Å²) in [5, 5.41) is 3.99. The zero-order chi connectivity index (χ0) is 14.8. The molecule has 0 saturated heterocycles. The van der Waals surface area contributed by atoms with Crippen LogP contribution in [0.1, 0.15) is 40.4 Å². The Morgan fingerprint density at radius 2 is 1.95 bits per heavy atom. The Morgan fingerprint density at radius 3 is 2.76 bits per heavy atom. The number of aryl methyl sites for hydroxylation is 1. The summed E-state index contributed by atoms with van der Waals surface area (Å²) in [6.07, 6.45) is 3.11. The van der Waals surface area contributed by atoms with Crippen LogP contribution < -0.4 is 5.32 Å². The highest BCUT2D eigenvalue weighted by Gasteiger charge is 2.22. The van der Waals surface area contributed by atoms with Gasteiger partial charge in [0.2, 0.25) is 0 Å². The van der Waals surface area contributed by atoms with Gasteiger partial charge in [0, 0.05) is 5.02 Å². The molecule has 1 atom stereocenters. The first-order chi connectivity index (χ1) is 10.1. The first kappa shape index (κ1) is 14.4. The van der Waals surface area contributed by atoms with Gasteiger partial charge < -0.3 is 5.32 Å². The van der Waals surface area contributed by atoms with E-state index in [0.29, 0.717) is 15.6 Å². The van der Waals surface area contributed by atoms with Gasteiger partial charge in [-0.25, -0.2) is 0 Å². The minimum absolute atomic E-state index is 0.0502. The van der Waals surface area contributed by atoms with Crippen LogP contribution in [-0.2, 0) is 6.42 Å². The minimum atomic E-state index is -0.154. The molecule has 0 saturated carbocycles. The van der Waals surface area contributed by atoms with Gasteiger partial charge in [0.1, 0.15) is 0 Å². The SMILES string of the molecule is O=C(N[C@@H]1CCCc2ccccc21)c1ccc(Cl)cc1Cl. The van der Waals surface area contributed by atoms with E-state index in [-0.39, 0.29) is 11.9 Å². The van der Waals surface area contributed by atoms with Gasteiger partial charge in [-0.3, -0.25) is 4.79 Å². The summed E-state index contributed by atoms with van der Waals surface area (Å²) in [7, 11) is 0. The highest BCUT2D eigenvalue weighted by Crippen LogP contribution is 2.30. The second-order valence-electron chi connectivity index (χ2n) is 5.24. The lowest BCUT2D eigenvalue weighted by molar-refractivity contribution is 0.0933. The van der Waals surface area contributed by atoms with Crippen molar-refractivity contribution < 1.29 is 4.79 Å². The molecule has 108 valence electrons. The zero-order valence-corrected chi connectivity index (χ0v) is 12.9. The lowest BCUT2D eigenvalue weighted by Gasteiger charge is -2.26. The maximum absolute atomic E-state index is 12.4. The molecule has 2 aromatic rings. The molecular weight excluding hydrogens is 305 g/mol. The van der Waals surface area contributed by atoms with Crippen LogP contribution in [0.5, 0.6) is 0 Å². The summed E-state index contributed by atoms with van der Waals surface area (Å²) < 4.78 is 0. The fourth-order valence-electron chi connectivity index (χ4n) is 2.81. The molecule has 0 unspecified atom stereocenters. The molecule has 1 aliphatic carbocycles. The molecule has 1 N–H and O–H groups in total. The standard InChI is InChI=1S/C17H15Cl2NO/c18-12-8-9-14(15(19)10-12)17(21)20-16-7-3-5-11-4-1-2-6-13(11)16/h1-2,4,6,8-10,16H,3,5,7H2,(H,20,21)/t16-/m1/s1. The molecule has 2 aromatic carbocycles. The second kappa shape index (κ2) is 6.08. The van der Waals surface area contributed by atoms with Crippen LogP contribution in [0.3, 0.4) is 0 Å². The van der Waals surface area contributed by atoms with Gasteiger partial charge in [0.25, 0.3) is 5.91 Å². The average molecular weight is 320 g/mol. The summed E-state index contributed by atoms with van der Waals surface area (Å²) in [6.45, 7) is 0. The summed E-state index contributed by atoms with van der Waals surface area (Å²) in [5.74, 6) is -0.154. The zero-order valence-electron chi connectivity index (χ0n) is 11.4. The Bertz CT molecular complexity index is 684. The largest absolute Gasteiger partial charge is 0.345 e. The predicted octanol–water partition coefficient (Wildman–Crippen LogP) is 4.80. The van der Waals surface area contributed by atoms with Gasteiger partial charge >= 0.3 is 0 Å². The summed E-state index contributed by atoms with van der Waals surface area (Å²) in [5.41, 5.74) is 2.99. The molecule has 0 aliphatic heterocycles. The Morgan fingerprint density at radius 1 is 1.14 bits per heavy atom. The Balaban J connectivity index is 1.83. The van der Waals surface area contributed by atoms with Crippen LogP contribution in [0.25, 0.3) is 0 Å². The van der Waals surface area contributed by atoms with Gasteiger partial charge in [0.15, 0.2) is 0 Å². The molecule has 0 spiro atoms. The van der Waals surface area contributed by atoms with E-state index in [1.807, 2.05) is 12.1 Å². The van der Waals surface area contributed by atoms with Crippen molar-refractivity contribution >= 4 is 29.1 Å². The van der Waals surface area contributed by atoms with E-state index in [0.717, 1.165) is 19.3 Å². The Hall–Kier alpha value is -1.51. The van der Waals surface area contributed by atoms with Crippen molar-refractivity contribution in [2.45, 2.75) is 25.3 Å². The molecule has 3 rings (SSSR count). The molecule has 0 radical (unpaired) electrons. The lowest BCUT2D eigenvalue weighted by atomic mass is 9.87. The molecule has 0 aromatic heterocycles. The van der Waals surface area contributed by atoms with Crippen LogP contribution in [0.15, 0.2) is 42.5 Å². The average Bonchev–Trinajstić information content (AvgIpc) is 2.47. The monoisotopic (exact) mass is 319 g/mol. The van der Waals surface area contributed by atoms with Crippen LogP contribution >= 0.6 is 23.2 Å². The van der Waals surface area contributed by atoms with Crippen LogP contribution in [0.2, 0.25) is 10.0 Å². The van der Waals surface area contributed by atoms with Crippen molar-refractivity contribution in [1.29, 1.82) is 0 Å². The summed E-state index contributed by atoms with van der Waals surface area (Å²) in [4.78, 5) is 12.4. The van der Waals surface area contributed by atoms with Gasteiger partial charge in [-0.15, -0.1) is 0 Å². The highest BCUT2D eigenvalue weighted by atomic mass is 35.5. The first-order valence-electron chi connectivity index (χ1n) is 6.99. The maximum Gasteiger partial charge on any atom is 0.253 e. The normalized spacial score (nSPS) is 17.1. The fraction of sp³-hybridized carbons (Fsp3) is 0.235. The number of fused-ring (bicyclic) bond motifs is 1. The number of hydrogen-bond acceptors (Lipinski definition) is 1. The van der Waals surface area contributed by atoms with Crippen LogP contribution in [-0.4, -0.2) is 5.91 Å². The molecule has 0 bridgehead atoms. The van der Waals surface area contributed by atoms with E-state index in [1.54, 1.807) is 18.2 Å². The molecule has 1 aliphatic rings. The topological polar surface area (TPSA) is 29.1 Å². The predicted molar refractivity (Wildman–Crippen MR) is 86.0 cm³/mol. The second-order valence-corrected chi connectivity index (χ2v) is 6.08. The van der Waals surface area contributed by atoms with E-state index < -0.39 is 0 Å². The van der Waals surface area contributed by atoms with E-state index in [9.17, 15) is 4.79 Å². The van der Waals surface area contributed by atoms with Crippen molar-refractivity contribution in [3.63, 3.8) is 0 Å². The molecule has 4 heteroatoms. The number of carbonyl (C=O) groups excluding carboxylic acids is 1. The van der Waals surface area contributed by atoms with Crippen molar-refractivity contribution in [3.8, 4) is 0 Å². The first-order valence-corrected chi connectivity index (χ1v) is 7.74. The summed E-state index contributed by atoms with van der Waals surface area (Å²) >= 11 is 12.0. The van der Waals surface area contributed by atoms with E-state index in [1.165, 1.54) is 11.1 Å². The number of hydrogen-bond donors (Lipinski definition) is 1. The number of nitrogens with one attached hydrogen (secondary N) is 1. The molecular formula is C17H15Cl2NO.